The number of imidazole rings is 1. The molecular formula is C16H18N4O. The molecule has 5 heteroatoms. The number of hydrogen-bond donors (Lipinski definition) is 2. The Morgan fingerprint density at radius 3 is 2.95 bits per heavy atom. The Labute approximate surface area is 123 Å². The third kappa shape index (κ3) is 2.73. The van der Waals surface area contributed by atoms with E-state index in [-0.39, 0.29) is 6.61 Å². The molecule has 2 aromatic heterocycles. The maximum absolute atomic E-state index is 9.27. The lowest BCUT2D eigenvalue weighted by Crippen LogP contribution is -2.05. The van der Waals surface area contributed by atoms with E-state index in [9.17, 15) is 5.11 Å². The van der Waals surface area contributed by atoms with Gasteiger partial charge < -0.3 is 10.4 Å². The van der Waals surface area contributed by atoms with Gasteiger partial charge in [-0.1, -0.05) is 25.1 Å². The summed E-state index contributed by atoms with van der Waals surface area (Å²) in [5, 5.41) is 17.1. The van der Waals surface area contributed by atoms with E-state index in [1.54, 1.807) is 0 Å². The highest BCUT2D eigenvalue weighted by atomic mass is 16.3. The summed E-state index contributed by atoms with van der Waals surface area (Å²) in [5.41, 5.74) is 3.60. The monoisotopic (exact) mass is 282 g/mol. The normalized spacial score (nSPS) is 11.0. The van der Waals surface area contributed by atoms with E-state index in [2.05, 4.69) is 22.3 Å². The minimum absolute atomic E-state index is 0.0291. The van der Waals surface area contributed by atoms with Crippen molar-refractivity contribution in [2.24, 2.45) is 0 Å². The fourth-order valence-corrected chi connectivity index (χ4v) is 2.25. The fourth-order valence-electron chi connectivity index (χ4n) is 2.25. The van der Waals surface area contributed by atoms with Crippen LogP contribution in [-0.4, -0.2) is 26.2 Å². The van der Waals surface area contributed by atoms with Gasteiger partial charge in [0.15, 0.2) is 5.65 Å². The minimum atomic E-state index is 0.0291. The third-order valence-corrected chi connectivity index (χ3v) is 3.32. The molecule has 2 N–H and O–H groups in total. The first-order valence-electron chi connectivity index (χ1n) is 7.10. The molecule has 2 heterocycles. The molecule has 0 radical (unpaired) electrons. The van der Waals surface area contributed by atoms with Crippen molar-refractivity contribution >= 4 is 11.5 Å². The summed E-state index contributed by atoms with van der Waals surface area (Å²) >= 11 is 0. The molecule has 21 heavy (non-hydrogen) atoms. The van der Waals surface area contributed by atoms with E-state index in [0.717, 1.165) is 41.3 Å². The number of hydrogen-bond acceptors (Lipinski definition) is 4. The first-order valence-corrected chi connectivity index (χ1v) is 7.10. The van der Waals surface area contributed by atoms with Gasteiger partial charge in [0.25, 0.3) is 0 Å². The van der Waals surface area contributed by atoms with Crippen LogP contribution in [-0.2, 0) is 6.61 Å². The average Bonchev–Trinajstić information content (AvgIpc) is 2.96. The summed E-state index contributed by atoms with van der Waals surface area (Å²) in [4.78, 5) is 4.38. The van der Waals surface area contributed by atoms with E-state index in [1.165, 1.54) is 0 Å². The van der Waals surface area contributed by atoms with Crippen LogP contribution < -0.4 is 5.32 Å². The van der Waals surface area contributed by atoms with E-state index in [1.807, 2.05) is 47.1 Å². The second kappa shape index (κ2) is 5.93. The number of nitrogens with one attached hydrogen (secondary N) is 1. The highest BCUT2D eigenvalue weighted by molar-refractivity contribution is 5.64. The molecule has 3 rings (SSSR count). The van der Waals surface area contributed by atoms with Gasteiger partial charge in [-0.2, -0.15) is 0 Å². The summed E-state index contributed by atoms with van der Waals surface area (Å²) in [7, 11) is 0. The van der Waals surface area contributed by atoms with Crippen molar-refractivity contribution < 1.29 is 5.11 Å². The lowest BCUT2D eigenvalue weighted by molar-refractivity contribution is 0.282. The van der Waals surface area contributed by atoms with Gasteiger partial charge in [-0.15, -0.1) is 5.10 Å². The Balaban J connectivity index is 2.05. The zero-order chi connectivity index (χ0) is 14.7. The number of benzene rings is 1. The molecule has 0 amide bonds. The Hall–Kier alpha value is -2.40. The van der Waals surface area contributed by atoms with E-state index >= 15 is 0 Å². The molecule has 0 aliphatic carbocycles. The SMILES string of the molecule is CCCNc1ccc2ncc(-c3cccc(CO)c3)n2n1. The van der Waals surface area contributed by atoms with Crippen LogP contribution in [0.5, 0.6) is 0 Å². The van der Waals surface area contributed by atoms with Gasteiger partial charge in [-0.25, -0.2) is 9.50 Å². The van der Waals surface area contributed by atoms with Gasteiger partial charge in [0.05, 0.1) is 18.5 Å². The van der Waals surface area contributed by atoms with Gasteiger partial charge in [0.2, 0.25) is 0 Å². The van der Waals surface area contributed by atoms with Crippen LogP contribution in [0.1, 0.15) is 18.9 Å². The van der Waals surface area contributed by atoms with Gasteiger partial charge in [-0.3, -0.25) is 0 Å². The first-order chi connectivity index (χ1) is 10.3. The van der Waals surface area contributed by atoms with Crippen molar-refractivity contribution in [3.05, 3.63) is 48.2 Å². The Bertz CT molecular complexity index is 751. The lowest BCUT2D eigenvalue weighted by Gasteiger charge is -2.06. The van der Waals surface area contributed by atoms with Crippen LogP contribution >= 0.6 is 0 Å². The molecule has 3 aromatic rings. The van der Waals surface area contributed by atoms with E-state index in [0.29, 0.717) is 0 Å². The molecule has 0 unspecified atom stereocenters. The number of nitrogens with zero attached hydrogens (tertiary/aromatic N) is 3. The molecule has 0 fully saturated rings. The van der Waals surface area contributed by atoms with Crippen LogP contribution in [0.3, 0.4) is 0 Å². The molecule has 5 nitrogen and oxygen atoms in total. The third-order valence-electron chi connectivity index (χ3n) is 3.32. The summed E-state index contributed by atoms with van der Waals surface area (Å²) in [6.45, 7) is 3.04. The molecule has 0 saturated heterocycles. The standard InChI is InChI=1S/C16H18N4O/c1-2-8-17-15-6-7-16-18-10-14(20(16)19-15)13-5-3-4-12(9-13)11-21/h3-7,9-10,21H,2,8,11H2,1H3,(H,17,19). The lowest BCUT2D eigenvalue weighted by atomic mass is 10.1. The van der Waals surface area contributed by atoms with Crippen molar-refractivity contribution in [3.8, 4) is 11.3 Å². The zero-order valence-corrected chi connectivity index (χ0v) is 12.0. The highest BCUT2D eigenvalue weighted by Crippen LogP contribution is 2.22. The summed E-state index contributed by atoms with van der Waals surface area (Å²) in [6.07, 6.45) is 2.86. The van der Waals surface area contributed by atoms with Crippen LogP contribution in [0.15, 0.2) is 42.6 Å². The Morgan fingerprint density at radius 1 is 1.24 bits per heavy atom. The number of rotatable bonds is 5. The van der Waals surface area contributed by atoms with Crippen molar-refractivity contribution in [1.29, 1.82) is 0 Å². The molecule has 0 aliphatic heterocycles. The predicted molar refractivity (Wildman–Crippen MR) is 83.1 cm³/mol. The van der Waals surface area contributed by atoms with Crippen LogP contribution in [0.4, 0.5) is 5.82 Å². The second-order valence-electron chi connectivity index (χ2n) is 4.92. The van der Waals surface area contributed by atoms with E-state index < -0.39 is 0 Å². The number of aliphatic hydroxyl groups excluding tert-OH is 1. The number of anilines is 1. The first kappa shape index (κ1) is 13.6. The fraction of sp³-hybridized carbons (Fsp3) is 0.250. The number of aliphatic hydroxyl groups is 1. The second-order valence-corrected chi connectivity index (χ2v) is 4.92. The van der Waals surface area contributed by atoms with Gasteiger partial charge in [0, 0.05) is 12.1 Å². The Kier molecular flexibility index (Phi) is 3.83. The molecule has 0 saturated carbocycles. The molecule has 0 bridgehead atoms. The summed E-state index contributed by atoms with van der Waals surface area (Å²) in [6, 6.07) is 11.7. The maximum atomic E-state index is 9.27. The van der Waals surface area contributed by atoms with E-state index in [4.69, 9.17) is 0 Å². The van der Waals surface area contributed by atoms with Crippen LogP contribution in [0, 0.1) is 0 Å². The highest BCUT2D eigenvalue weighted by Gasteiger charge is 2.08. The molecule has 0 aliphatic rings. The van der Waals surface area contributed by atoms with Gasteiger partial charge in [0.1, 0.15) is 5.82 Å². The summed E-state index contributed by atoms with van der Waals surface area (Å²) in [5.74, 6) is 0.835. The molecule has 0 spiro atoms. The number of aromatic nitrogens is 3. The van der Waals surface area contributed by atoms with Gasteiger partial charge in [-0.05, 0) is 30.2 Å². The van der Waals surface area contributed by atoms with Crippen molar-refractivity contribution in [2.45, 2.75) is 20.0 Å². The Morgan fingerprint density at radius 2 is 2.14 bits per heavy atom. The predicted octanol–water partition coefficient (Wildman–Crippen LogP) is 2.71. The molecule has 108 valence electrons. The smallest absolute Gasteiger partial charge is 0.154 e. The largest absolute Gasteiger partial charge is 0.392 e. The van der Waals surface area contributed by atoms with Crippen LogP contribution in [0.2, 0.25) is 0 Å². The van der Waals surface area contributed by atoms with Crippen molar-refractivity contribution in [2.75, 3.05) is 11.9 Å². The average molecular weight is 282 g/mol. The number of fused-ring (bicyclic) bond motifs is 1. The minimum Gasteiger partial charge on any atom is -0.392 e. The summed E-state index contributed by atoms with van der Waals surface area (Å²) < 4.78 is 1.83. The van der Waals surface area contributed by atoms with Crippen molar-refractivity contribution in [3.63, 3.8) is 0 Å². The van der Waals surface area contributed by atoms with Gasteiger partial charge >= 0.3 is 0 Å². The molecule has 1 aromatic carbocycles. The van der Waals surface area contributed by atoms with Crippen LogP contribution in [0.25, 0.3) is 16.9 Å². The van der Waals surface area contributed by atoms with Crippen molar-refractivity contribution in [1.82, 2.24) is 14.6 Å². The molecule has 0 atom stereocenters. The molecular weight excluding hydrogens is 264 g/mol. The topological polar surface area (TPSA) is 62.5 Å². The zero-order valence-electron chi connectivity index (χ0n) is 12.0. The maximum Gasteiger partial charge on any atom is 0.154 e. The quantitative estimate of drug-likeness (QED) is 0.755.